The van der Waals surface area contributed by atoms with Crippen molar-refractivity contribution in [1.29, 1.82) is 0 Å². The van der Waals surface area contributed by atoms with Crippen molar-refractivity contribution in [3.63, 3.8) is 0 Å². The SMILES string of the molecule is C[C@]12C=CC(=C3c4ccccc4-c4ccccc43)C=C1CC[C@@H]1[C@@H]2CC[C@]2(C)C(=O)CC[C@@H]12. The van der Waals surface area contributed by atoms with Crippen molar-refractivity contribution in [2.45, 2.75) is 52.4 Å². The molecular formula is C32H32O. The first-order valence-electron chi connectivity index (χ1n) is 12.9. The number of hydrogen-bond acceptors (Lipinski definition) is 1. The van der Waals surface area contributed by atoms with Gasteiger partial charge in [-0.2, -0.15) is 0 Å². The lowest BCUT2D eigenvalue weighted by Crippen LogP contribution is -2.49. The molecule has 2 aromatic carbocycles. The van der Waals surface area contributed by atoms with E-state index >= 15 is 0 Å². The maximum Gasteiger partial charge on any atom is 0.139 e. The summed E-state index contributed by atoms with van der Waals surface area (Å²) in [6, 6.07) is 17.7. The number of rotatable bonds is 0. The number of ketones is 1. The number of carbonyl (C=O) groups is 1. The monoisotopic (exact) mass is 432 g/mol. The van der Waals surface area contributed by atoms with E-state index in [0.29, 0.717) is 23.5 Å². The van der Waals surface area contributed by atoms with E-state index in [1.54, 1.807) is 5.57 Å². The maximum absolute atomic E-state index is 12.7. The molecule has 0 heterocycles. The average molecular weight is 433 g/mol. The Hall–Kier alpha value is -2.67. The molecule has 5 atom stereocenters. The van der Waals surface area contributed by atoms with Gasteiger partial charge in [0.05, 0.1) is 0 Å². The number of benzene rings is 2. The molecule has 7 rings (SSSR count). The molecule has 0 N–H and O–H groups in total. The quantitative estimate of drug-likeness (QED) is 0.354. The second kappa shape index (κ2) is 6.69. The number of Topliss-reactive ketones (excluding diaryl/α,β-unsaturated/α-hetero) is 1. The summed E-state index contributed by atoms with van der Waals surface area (Å²) in [5.74, 6) is 2.52. The van der Waals surface area contributed by atoms with Gasteiger partial charge in [0.25, 0.3) is 0 Å². The Kier molecular flexibility index (Phi) is 4.01. The number of hydrogen-bond donors (Lipinski definition) is 0. The van der Waals surface area contributed by atoms with E-state index in [4.69, 9.17) is 0 Å². The molecule has 5 aliphatic rings. The first kappa shape index (κ1) is 19.8. The lowest BCUT2D eigenvalue weighted by molar-refractivity contribution is -0.131. The first-order chi connectivity index (χ1) is 16.0. The fourth-order valence-electron chi connectivity index (χ4n) is 8.48. The van der Waals surface area contributed by atoms with Gasteiger partial charge in [0.2, 0.25) is 0 Å². The smallest absolute Gasteiger partial charge is 0.139 e. The molecule has 3 fully saturated rings. The highest BCUT2D eigenvalue weighted by atomic mass is 16.1. The molecule has 0 spiro atoms. The Balaban J connectivity index is 1.32. The van der Waals surface area contributed by atoms with Gasteiger partial charge >= 0.3 is 0 Å². The van der Waals surface area contributed by atoms with Gasteiger partial charge in [-0.1, -0.05) is 86.2 Å². The van der Waals surface area contributed by atoms with Crippen molar-refractivity contribution >= 4 is 11.4 Å². The zero-order chi connectivity index (χ0) is 22.4. The third-order valence-electron chi connectivity index (χ3n) is 10.3. The van der Waals surface area contributed by atoms with Gasteiger partial charge in [-0.05, 0) is 83.3 Å². The van der Waals surface area contributed by atoms with Crippen LogP contribution >= 0.6 is 0 Å². The molecule has 0 aliphatic heterocycles. The van der Waals surface area contributed by atoms with Crippen LogP contribution in [0.25, 0.3) is 16.7 Å². The van der Waals surface area contributed by atoms with Gasteiger partial charge in [0.1, 0.15) is 5.78 Å². The summed E-state index contributed by atoms with van der Waals surface area (Å²) >= 11 is 0. The van der Waals surface area contributed by atoms with Crippen LogP contribution in [0.5, 0.6) is 0 Å². The standard InChI is InChI=1S/C32H32O/c1-31-17-15-20(30-24-9-5-3-7-22(24)23-8-4-6-10-25(23)30)19-21(31)11-12-26-27-13-14-29(33)32(27,2)18-16-28(26)31/h3-10,15,17,19,26-28H,11-14,16,18H2,1-2H3/t26-,27-,28-,31-,32-/m0/s1. The molecule has 0 radical (unpaired) electrons. The second-order valence-corrected chi connectivity index (χ2v) is 11.5. The molecule has 166 valence electrons. The molecule has 5 aliphatic carbocycles. The van der Waals surface area contributed by atoms with Crippen LogP contribution in [0.4, 0.5) is 0 Å². The van der Waals surface area contributed by atoms with E-state index in [-0.39, 0.29) is 10.8 Å². The van der Waals surface area contributed by atoms with Crippen LogP contribution in [0.2, 0.25) is 0 Å². The number of allylic oxidation sites excluding steroid dienone is 5. The zero-order valence-corrected chi connectivity index (χ0v) is 19.7. The fraction of sp³-hybridized carbons (Fsp3) is 0.406. The molecular weight excluding hydrogens is 400 g/mol. The van der Waals surface area contributed by atoms with Crippen molar-refractivity contribution in [2.24, 2.45) is 28.6 Å². The summed E-state index contributed by atoms with van der Waals surface area (Å²) in [6.07, 6.45) is 14.2. The van der Waals surface area contributed by atoms with Crippen molar-refractivity contribution in [3.8, 4) is 11.1 Å². The molecule has 0 amide bonds. The minimum Gasteiger partial charge on any atom is -0.299 e. The van der Waals surface area contributed by atoms with Crippen LogP contribution in [0.3, 0.4) is 0 Å². The van der Waals surface area contributed by atoms with E-state index in [1.807, 2.05) is 0 Å². The average Bonchev–Trinajstić information content (AvgIpc) is 3.33. The lowest BCUT2D eigenvalue weighted by Gasteiger charge is -2.55. The topological polar surface area (TPSA) is 17.1 Å². The fourth-order valence-corrected chi connectivity index (χ4v) is 8.48. The molecule has 2 aromatic rings. The van der Waals surface area contributed by atoms with E-state index in [2.05, 4.69) is 80.6 Å². The summed E-state index contributed by atoms with van der Waals surface area (Å²) in [5.41, 5.74) is 9.92. The van der Waals surface area contributed by atoms with Crippen molar-refractivity contribution in [3.05, 3.63) is 89.0 Å². The Morgan fingerprint density at radius 1 is 0.788 bits per heavy atom. The zero-order valence-electron chi connectivity index (χ0n) is 19.7. The minimum absolute atomic E-state index is 0.0401. The van der Waals surface area contributed by atoms with E-state index in [0.717, 1.165) is 19.3 Å². The van der Waals surface area contributed by atoms with Crippen LogP contribution in [-0.4, -0.2) is 5.78 Å². The third kappa shape index (κ3) is 2.52. The summed E-state index contributed by atoms with van der Waals surface area (Å²) in [5, 5.41) is 0. The van der Waals surface area contributed by atoms with Crippen LogP contribution in [0.15, 0.2) is 77.9 Å². The van der Waals surface area contributed by atoms with Crippen LogP contribution in [-0.2, 0) is 4.79 Å². The highest BCUT2D eigenvalue weighted by Gasteiger charge is 2.58. The van der Waals surface area contributed by atoms with Gasteiger partial charge in [0, 0.05) is 17.3 Å². The normalized spacial score (nSPS) is 36.0. The van der Waals surface area contributed by atoms with E-state index in [9.17, 15) is 4.79 Å². The van der Waals surface area contributed by atoms with E-state index < -0.39 is 0 Å². The Bertz CT molecular complexity index is 1240. The van der Waals surface area contributed by atoms with Crippen molar-refractivity contribution in [1.82, 2.24) is 0 Å². The molecule has 0 unspecified atom stereocenters. The molecule has 1 heteroatoms. The number of carbonyl (C=O) groups excluding carboxylic acids is 1. The van der Waals surface area contributed by atoms with Crippen LogP contribution in [0.1, 0.15) is 63.5 Å². The molecule has 0 saturated heterocycles. The van der Waals surface area contributed by atoms with Crippen LogP contribution in [0, 0.1) is 28.6 Å². The minimum atomic E-state index is -0.0401. The Morgan fingerprint density at radius 2 is 1.45 bits per heavy atom. The predicted molar refractivity (Wildman–Crippen MR) is 135 cm³/mol. The molecule has 0 aromatic heterocycles. The van der Waals surface area contributed by atoms with Crippen molar-refractivity contribution in [2.75, 3.05) is 0 Å². The van der Waals surface area contributed by atoms with Gasteiger partial charge < -0.3 is 0 Å². The van der Waals surface area contributed by atoms with Crippen molar-refractivity contribution < 1.29 is 4.79 Å². The highest BCUT2D eigenvalue weighted by molar-refractivity contribution is 6.03. The van der Waals surface area contributed by atoms with Gasteiger partial charge in [-0.3, -0.25) is 4.79 Å². The van der Waals surface area contributed by atoms with Gasteiger partial charge in [-0.25, -0.2) is 0 Å². The van der Waals surface area contributed by atoms with Gasteiger partial charge in [-0.15, -0.1) is 0 Å². The Morgan fingerprint density at radius 3 is 2.15 bits per heavy atom. The van der Waals surface area contributed by atoms with Crippen LogP contribution < -0.4 is 0 Å². The third-order valence-corrected chi connectivity index (χ3v) is 10.3. The Labute approximate surface area is 197 Å². The molecule has 3 saturated carbocycles. The predicted octanol–water partition coefficient (Wildman–Crippen LogP) is 7.78. The first-order valence-corrected chi connectivity index (χ1v) is 12.9. The highest BCUT2D eigenvalue weighted by Crippen LogP contribution is 2.64. The molecule has 33 heavy (non-hydrogen) atoms. The summed E-state index contributed by atoms with van der Waals surface area (Å²) in [4.78, 5) is 12.7. The number of fused-ring (bicyclic) bond motifs is 8. The summed E-state index contributed by atoms with van der Waals surface area (Å²) in [7, 11) is 0. The maximum atomic E-state index is 12.7. The molecule has 1 nitrogen and oxygen atoms in total. The summed E-state index contributed by atoms with van der Waals surface area (Å²) in [6.45, 7) is 4.77. The summed E-state index contributed by atoms with van der Waals surface area (Å²) < 4.78 is 0. The largest absolute Gasteiger partial charge is 0.299 e. The second-order valence-electron chi connectivity index (χ2n) is 11.5. The van der Waals surface area contributed by atoms with Gasteiger partial charge in [0.15, 0.2) is 0 Å². The molecule has 0 bridgehead atoms. The lowest BCUT2D eigenvalue weighted by atomic mass is 9.48. The van der Waals surface area contributed by atoms with E-state index in [1.165, 1.54) is 52.7 Å².